The van der Waals surface area contributed by atoms with Crippen LogP contribution < -0.4 is 10.1 Å². The molecule has 6 heteroatoms. The van der Waals surface area contributed by atoms with Crippen molar-refractivity contribution in [2.45, 2.75) is 19.5 Å². The smallest absolute Gasteiger partial charge is 0.240 e. The third-order valence-electron chi connectivity index (χ3n) is 4.51. The van der Waals surface area contributed by atoms with Crippen LogP contribution in [0, 0.1) is 0 Å². The molecule has 27 heavy (non-hydrogen) atoms. The van der Waals surface area contributed by atoms with Crippen molar-refractivity contribution in [1.82, 2.24) is 20.4 Å². The molecule has 136 valence electrons. The van der Waals surface area contributed by atoms with Crippen molar-refractivity contribution in [3.63, 3.8) is 0 Å². The third-order valence-corrected chi connectivity index (χ3v) is 4.51. The number of aromatic nitrogens is 3. The SMILES string of the molecule is COc1ccccc1-c1noc(CNC(C)c2cccc3cccnc23)n1. The van der Waals surface area contributed by atoms with E-state index in [0.717, 1.165) is 22.0 Å². The van der Waals surface area contributed by atoms with Gasteiger partial charge in [-0.25, -0.2) is 0 Å². The molecule has 1 N–H and O–H groups in total. The number of hydrogen-bond acceptors (Lipinski definition) is 6. The van der Waals surface area contributed by atoms with Gasteiger partial charge in [-0.15, -0.1) is 0 Å². The van der Waals surface area contributed by atoms with Crippen molar-refractivity contribution in [2.75, 3.05) is 7.11 Å². The summed E-state index contributed by atoms with van der Waals surface area (Å²) in [7, 11) is 1.63. The van der Waals surface area contributed by atoms with Crippen LogP contribution in [0.15, 0.2) is 65.3 Å². The zero-order valence-corrected chi connectivity index (χ0v) is 15.2. The molecule has 0 aliphatic heterocycles. The molecule has 4 rings (SSSR count). The minimum atomic E-state index is 0.0882. The topological polar surface area (TPSA) is 73.1 Å². The molecule has 2 aromatic carbocycles. The molecule has 0 aliphatic rings. The zero-order valence-electron chi connectivity index (χ0n) is 15.2. The quantitative estimate of drug-likeness (QED) is 0.557. The van der Waals surface area contributed by atoms with Gasteiger partial charge in [0, 0.05) is 17.6 Å². The van der Waals surface area contributed by atoms with Crippen LogP contribution in [0.3, 0.4) is 0 Å². The first kappa shape index (κ1) is 17.2. The number of nitrogens with zero attached hydrogens (tertiary/aromatic N) is 3. The summed E-state index contributed by atoms with van der Waals surface area (Å²) in [6.45, 7) is 2.56. The van der Waals surface area contributed by atoms with Crippen LogP contribution in [0.25, 0.3) is 22.3 Å². The molecule has 0 amide bonds. The number of rotatable bonds is 6. The summed E-state index contributed by atoms with van der Waals surface area (Å²) in [4.78, 5) is 9.00. The minimum Gasteiger partial charge on any atom is -0.496 e. The molecule has 4 aromatic rings. The van der Waals surface area contributed by atoms with Crippen LogP contribution in [-0.2, 0) is 6.54 Å². The molecule has 1 atom stereocenters. The number of pyridine rings is 1. The van der Waals surface area contributed by atoms with E-state index < -0.39 is 0 Å². The highest BCUT2D eigenvalue weighted by molar-refractivity contribution is 5.81. The molecule has 0 saturated heterocycles. The Labute approximate surface area is 157 Å². The number of fused-ring (bicyclic) bond motifs is 1. The molecule has 0 saturated carbocycles. The molecule has 1 unspecified atom stereocenters. The molecule has 0 aliphatic carbocycles. The van der Waals surface area contributed by atoms with Crippen LogP contribution >= 0.6 is 0 Å². The third kappa shape index (κ3) is 3.52. The maximum absolute atomic E-state index is 5.40. The van der Waals surface area contributed by atoms with E-state index in [2.05, 4.69) is 45.6 Å². The standard InChI is InChI=1S/C21H20N4O2/c1-14(16-10-5-7-15-8-6-12-22-20(15)16)23-13-19-24-21(25-27-19)17-9-3-4-11-18(17)26-2/h3-12,14,23H,13H2,1-2H3. The molecule has 0 fully saturated rings. The fourth-order valence-electron chi connectivity index (χ4n) is 3.09. The van der Waals surface area contributed by atoms with Crippen molar-refractivity contribution in [2.24, 2.45) is 0 Å². The summed E-state index contributed by atoms with van der Waals surface area (Å²) in [5.74, 6) is 1.76. The summed E-state index contributed by atoms with van der Waals surface area (Å²) in [5.41, 5.74) is 2.94. The van der Waals surface area contributed by atoms with Crippen molar-refractivity contribution in [3.05, 3.63) is 72.2 Å². The molecule has 2 aromatic heterocycles. The second-order valence-electron chi connectivity index (χ2n) is 6.24. The lowest BCUT2D eigenvalue weighted by atomic mass is 10.0. The highest BCUT2D eigenvalue weighted by Gasteiger charge is 2.15. The van der Waals surface area contributed by atoms with Crippen LogP contribution in [0.2, 0.25) is 0 Å². The number of hydrogen-bond donors (Lipinski definition) is 1. The lowest BCUT2D eigenvalue weighted by Gasteiger charge is -2.14. The molecular weight excluding hydrogens is 340 g/mol. The van der Waals surface area contributed by atoms with E-state index in [4.69, 9.17) is 9.26 Å². The first-order chi connectivity index (χ1) is 13.3. The minimum absolute atomic E-state index is 0.0882. The van der Waals surface area contributed by atoms with Gasteiger partial charge in [0.25, 0.3) is 0 Å². The Morgan fingerprint density at radius 1 is 1.07 bits per heavy atom. The summed E-state index contributed by atoms with van der Waals surface area (Å²) in [6.07, 6.45) is 1.82. The van der Waals surface area contributed by atoms with Gasteiger partial charge in [-0.05, 0) is 30.7 Å². The predicted octanol–water partition coefficient (Wildman–Crippen LogP) is 4.14. The van der Waals surface area contributed by atoms with E-state index in [1.54, 1.807) is 7.11 Å². The number of methoxy groups -OCH3 is 1. The van der Waals surface area contributed by atoms with Crippen LogP contribution in [0.4, 0.5) is 0 Å². The van der Waals surface area contributed by atoms with Crippen molar-refractivity contribution >= 4 is 10.9 Å². The molecule has 0 radical (unpaired) electrons. The first-order valence-electron chi connectivity index (χ1n) is 8.79. The summed E-state index contributed by atoms with van der Waals surface area (Å²) in [6, 6.07) is 17.9. The maximum atomic E-state index is 5.40. The van der Waals surface area contributed by atoms with Gasteiger partial charge < -0.3 is 14.6 Å². The molecule has 6 nitrogen and oxygen atoms in total. The number of para-hydroxylation sites is 2. The van der Waals surface area contributed by atoms with E-state index in [0.29, 0.717) is 24.0 Å². The molecular formula is C21H20N4O2. The Balaban J connectivity index is 1.50. The fraction of sp³-hybridized carbons (Fsp3) is 0.190. The average molecular weight is 360 g/mol. The van der Waals surface area contributed by atoms with Crippen molar-refractivity contribution in [3.8, 4) is 17.1 Å². The van der Waals surface area contributed by atoms with Crippen LogP contribution in [0.5, 0.6) is 5.75 Å². The van der Waals surface area contributed by atoms with E-state index in [1.165, 1.54) is 0 Å². The largest absolute Gasteiger partial charge is 0.496 e. The Kier molecular flexibility index (Phi) is 4.80. The van der Waals surface area contributed by atoms with Crippen LogP contribution in [0.1, 0.15) is 24.4 Å². The van der Waals surface area contributed by atoms with Crippen molar-refractivity contribution < 1.29 is 9.26 Å². The van der Waals surface area contributed by atoms with Gasteiger partial charge in [0.15, 0.2) is 0 Å². The van der Waals surface area contributed by atoms with E-state index in [9.17, 15) is 0 Å². The molecule has 0 bridgehead atoms. The second kappa shape index (κ2) is 7.55. The highest BCUT2D eigenvalue weighted by atomic mass is 16.5. The Morgan fingerprint density at radius 2 is 1.93 bits per heavy atom. The van der Waals surface area contributed by atoms with Gasteiger partial charge in [0.1, 0.15) is 5.75 Å². The monoisotopic (exact) mass is 360 g/mol. The van der Waals surface area contributed by atoms with Gasteiger partial charge >= 0.3 is 0 Å². The Hall–Kier alpha value is -3.25. The predicted molar refractivity (Wildman–Crippen MR) is 103 cm³/mol. The fourth-order valence-corrected chi connectivity index (χ4v) is 3.09. The van der Waals surface area contributed by atoms with Gasteiger partial charge in [0.2, 0.25) is 11.7 Å². The van der Waals surface area contributed by atoms with Crippen molar-refractivity contribution in [1.29, 1.82) is 0 Å². The first-order valence-corrected chi connectivity index (χ1v) is 8.79. The Morgan fingerprint density at radius 3 is 2.81 bits per heavy atom. The average Bonchev–Trinajstić information content (AvgIpc) is 3.20. The lowest BCUT2D eigenvalue weighted by Crippen LogP contribution is -2.18. The van der Waals surface area contributed by atoms with E-state index in [1.807, 2.05) is 42.6 Å². The molecule has 0 spiro atoms. The van der Waals surface area contributed by atoms with Gasteiger partial charge in [-0.1, -0.05) is 41.6 Å². The molecule has 2 heterocycles. The van der Waals surface area contributed by atoms with Gasteiger partial charge in [-0.2, -0.15) is 4.98 Å². The lowest BCUT2D eigenvalue weighted by molar-refractivity contribution is 0.360. The highest BCUT2D eigenvalue weighted by Crippen LogP contribution is 2.27. The normalized spacial score (nSPS) is 12.2. The van der Waals surface area contributed by atoms with E-state index >= 15 is 0 Å². The second-order valence-corrected chi connectivity index (χ2v) is 6.24. The summed E-state index contributed by atoms with van der Waals surface area (Å²) in [5, 5.41) is 8.64. The summed E-state index contributed by atoms with van der Waals surface area (Å²) >= 11 is 0. The summed E-state index contributed by atoms with van der Waals surface area (Å²) < 4.78 is 10.8. The van der Waals surface area contributed by atoms with Crippen LogP contribution in [-0.4, -0.2) is 22.2 Å². The Bertz CT molecular complexity index is 1060. The van der Waals surface area contributed by atoms with E-state index in [-0.39, 0.29) is 6.04 Å². The maximum Gasteiger partial charge on any atom is 0.240 e. The number of nitrogens with one attached hydrogen (secondary N) is 1. The zero-order chi connectivity index (χ0) is 18.6. The number of ether oxygens (including phenoxy) is 1. The van der Waals surface area contributed by atoms with Gasteiger partial charge in [0.05, 0.1) is 24.7 Å². The number of benzene rings is 2. The van der Waals surface area contributed by atoms with Gasteiger partial charge in [-0.3, -0.25) is 4.98 Å².